The smallest absolute Gasteiger partial charge is 0.312 e. The summed E-state index contributed by atoms with van der Waals surface area (Å²) >= 11 is 0. The van der Waals surface area contributed by atoms with Crippen LogP contribution in [0.3, 0.4) is 0 Å². The zero-order valence-electron chi connectivity index (χ0n) is 13.5. The number of nitrogens with zero attached hydrogens (tertiary/aromatic N) is 3. The van der Waals surface area contributed by atoms with Crippen LogP contribution in [0.25, 0.3) is 0 Å². The summed E-state index contributed by atoms with van der Waals surface area (Å²) in [6.45, 7) is 0.542. The fraction of sp³-hybridized carbons (Fsp3) is 0.462. The second-order valence-electron chi connectivity index (χ2n) is 5.08. The molecule has 1 aromatic rings. The van der Waals surface area contributed by atoms with E-state index in [4.69, 9.17) is 10.5 Å². The summed E-state index contributed by atoms with van der Waals surface area (Å²) in [7, 11) is -2.63. The molecule has 0 spiro atoms. The highest BCUT2D eigenvalue weighted by Crippen LogP contribution is 2.30. The minimum Gasteiger partial charge on any atom is -0.490 e. The summed E-state index contributed by atoms with van der Waals surface area (Å²) in [6, 6.07) is 3.49. The number of rotatable bonds is 5. The molecule has 25 heavy (non-hydrogen) atoms. The van der Waals surface area contributed by atoms with Crippen molar-refractivity contribution in [1.82, 2.24) is 9.21 Å². The van der Waals surface area contributed by atoms with Gasteiger partial charge in [-0.25, -0.2) is 8.42 Å². The molecule has 140 valence electrons. The van der Waals surface area contributed by atoms with E-state index >= 15 is 0 Å². The third-order valence-corrected chi connectivity index (χ3v) is 5.65. The van der Waals surface area contributed by atoms with Crippen LogP contribution in [0.1, 0.15) is 0 Å². The van der Waals surface area contributed by atoms with E-state index in [9.17, 15) is 23.3 Å². The van der Waals surface area contributed by atoms with E-state index in [0.717, 1.165) is 6.07 Å². The molecule has 10 nitrogen and oxygen atoms in total. The van der Waals surface area contributed by atoms with Crippen molar-refractivity contribution in [2.45, 2.75) is 4.90 Å². The molecular formula is C13H19ClN4O6S. The second-order valence-corrected chi connectivity index (χ2v) is 7.02. The normalized spacial score (nSPS) is 15.4. The fourth-order valence-electron chi connectivity index (χ4n) is 2.43. The first-order valence-electron chi connectivity index (χ1n) is 7.11. The maximum Gasteiger partial charge on any atom is 0.312 e. The standard InChI is InChI=1S/C13H18N4O6S.ClH/c1-23-12-3-2-10(8-11(12)17(19)20)24(21,22)16-6-4-15(5-7-16)13(18)9-14;/h2-3,8H,4-7,9,14H2,1H3;1H. The summed E-state index contributed by atoms with van der Waals surface area (Å²) in [6.07, 6.45) is 0. The summed E-state index contributed by atoms with van der Waals surface area (Å²) in [5.74, 6) is -0.260. The van der Waals surface area contributed by atoms with Gasteiger partial charge >= 0.3 is 5.69 Å². The van der Waals surface area contributed by atoms with E-state index in [1.165, 1.54) is 28.4 Å². The molecule has 1 saturated heterocycles. The van der Waals surface area contributed by atoms with Gasteiger partial charge in [0.1, 0.15) is 0 Å². The highest BCUT2D eigenvalue weighted by atomic mass is 35.5. The Hall–Kier alpha value is -1.95. The molecule has 0 atom stereocenters. The molecule has 1 aliphatic rings. The van der Waals surface area contributed by atoms with E-state index in [1.807, 2.05) is 0 Å². The molecule has 0 saturated carbocycles. The number of hydrogen-bond donors (Lipinski definition) is 1. The van der Waals surface area contributed by atoms with Crippen molar-refractivity contribution in [3.8, 4) is 5.75 Å². The van der Waals surface area contributed by atoms with Gasteiger partial charge in [0.2, 0.25) is 15.9 Å². The quantitative estimate of drug-likeness (QED) is 0.540. The molecular weight excluding hydrogens is 376 g/mol. The number of methoxy groups -OCH3 is 1. The van der Waals surface area contributed by atoms with Crippen molar-refractivity contribution in [3.63, 3.8) is 0 Å². The summed E-state index contributed by atoms with van der Waals surface area (Å²) in [5.41, 5.74) is 4.87. The van der Waals surface area contributed by atoms with Gasteiger partial charge < -0.3 is 15.4 Å². The zero-order valence-corrected chi connectivity index (χ0v) is 15.1. The highest BCUT2D eigenvalue weighted by Gasteiger charge is 2.31. The predicted octanol–water partition coefficient (Wildman–Crippen LogP) is -0.183. The Morgan fingerprint density at radius 2 is 1.92 bits per heavy atom. The van der Waals surface area contributed by atoms with E-state index in [0.29, 0.717) is 0 Å². The molecule has 1 heterocycles. The van der Waals surface area contributed by atoms with Gasteiger partial charge in [-0.15, -0.1) is 12.4 Å². The van der Waals surface area contributed by atoms with Crippen LogP contribution < -0.4 is 10.5 Å². The molecule has 1 aliphatic heterocycles. The zero-order chi connectivity index (χ0) is 17.9. The molecule has 1 fully saturated rings. The topological polar surface area (TPSA) is 136 Å². The van der Waals surface area contributed by atoms with Crippen LogP contribution in [0.5, 0.6) is 5.75 Å². The number of ether oxygens (including phenoxy) is 1. The van der Waals surface area contributed by atoms with Crippen LogP contribution in [0.4, 0.5) is 5.69 Å². The number of piperazine rings is 1. The van der Waals surface area contributed by atoms with E-state index in [1.54, 1.807) is 0 Å². The van der Waals surface area contributed by atoms with Crippen LogP contribution >= 0.6 is 12.4 Å². The SMILES string of the molecule is COc1ccc(S(=O)(=O)N2CCN(C(=O)CN)CC2)cc1[N+](=O)[O-].Cl. The minimum absolute atomic E-state index is 0. The van der Waals surface area contributed by atoms with Crippen molar-refractivity contribution >= 4 is 34.0 Å². The van der Waals surface area contributed by atoms with Gasteiger partial charge in [-0.05, 0) is 12.1 Å². The molecule has 0 aliphatic carbocycles. The van der Waals surface area contributed by atoms with E-state index < -0.39 is 20.6 Å². The monoisotopic (exact) mass is 394 g/mol. The number of amides is 1. The Balaban J connectivity index is 0.00000312. The number of nitrogens with two attached hydrogens (primary N) is 1. The summed E-state index contributed by atoms with van der Waals surface area (Å²) in [4.78, 5) is 23.2. The van der Waals surface area contributed by atoms with Crippen molar-refractivity contribution in [2.75, 3.05) is 39.8 Å². The van der Waals surface area contributed by atoms with Crippen molar-refractivity contribution in [1.29, 1.82) is 0 Å². The Bertz CT molecular complexity index is 749. The minimum atomic E-state index is -3.89. The van der Waals surface area contributed by atoms with Gasteiger partial charge in [-0.1, -0.05) is 0 Å². The number of carbonyl (C=O) groups is 1. The van der Waals surface area contributed by atoms with Crippen molar-refractivity contribution < 1.29 is 22.9 Å². The molecule has 12 heteroatoms. The largest absolute Gasteiger partial charge is 0.490 e. The molecule has 1 aromatic carbocycles. The lowest BCUT2D eigenvalue weighted by Crippen LogP contribution is -2.51. The average molecular weight is 395 g/mol. The molecule has 2 N–H and O–H groups in total. The molecule has 2 rings (SSSR count). The number of sulfonamides is 1. The Kier molecular flexibility index (Phi) is 7.11. The van der Waals surface area contributed by atoms with Gasteiger partial charge in [0.15, 0.2) is 5.75 Å². The summed E-state index contributed by atoms with van der Waals surface area (Å²) < 4.78 is 31.3. The molecule has 0 radical (unpaired) electrons. The first kappa shape index (κ1) is 21.1. The molecule has 0 aromatic heterocycles. The number of benzene rings is 1. The maximum atomic E-state index is 12.6. The van der Waals surface area contributed by atoms with Gasteiger partial charge in [-0.3, -0.25) is 14.9 Å². The van der Waals surface area contributed by atoms with Crippen LogP contribution in [0.2, 0.25) is 0 Å². The Morgan fingerprint density at radius 1 is 1.32 bits per heavy atom. The van der Waals surface area contributed by atoms with Crippen LogP contribution in [0.15, 0.2) is 23.1 Å². The number of hydrogen-bond acceptors (Lipinski definition) is 7. The number of nitro benzene ring substituents is 1. The van der Waals surface area contributed by atoms with E-state index in [-0.39, 0.29) is 61.7 Å². The number of nitro groups is 1. The van der Waals surface area contributed by atoms with Crippen LogP contribution in [0, 0.1) is 10.1 Å². The first-order chi connectivity index (χ1) is 11.3. The van der Waals surface area contributed by atoms with Crippen LogP contribution in [-0.4, -0.2) is 68.3 Å². The highest BCUT2D eigenvalue weighted by molar-refractivity contribution is 7.89. The predicted molar refractivity (Wildman–Crippen MR) is 91.3 cm³/mol. The maximum absolute atomic E-state index is 12.6. The lowest BCUT2D eigenvalue weighted by Gasteiger charge is -2.33. The van der Waals surface area contributed by atoms with Gasteiger partial charge in [0.25, 0.3) is 0 Å². The Labute approximate surface area is 151 Å². The first-order valence-corrected chi connectivity index (χ1v) is 8.55. The average Bonchev–Trinajstić information content (AvgIpc) is 2.60. The lowest BCUT2D eigenvalue weighted by atomic mass is 10.3. The van der Waals surface area contributed by atoms with Crippen LogP contribution in [-0.2, 0) is 14.8 Å². The van der Waals surface area contributed by atoms with Gasteiger partial charge in [0, 0.05) is 32.2 Å². The molecule has 0 unspecified atom stereocenters. The fourth-order valence-corrected chi connectivity index (χ4v) is 3.87. The van der Waals surface area contributed by atoms with Crippen molar-refractivity contribution in [3.05, 3.63) is 28.3 Å². The van der Waals surface area contributed by atoms with Gasteiger partial charge in [-0.2, -0.15) is 4.31 Å². The van der Waals surface area contributed by atoms with Crippen molar-refractivity contribution in [2.24, 2.45) is 5.73 Å². The third-order valence-electron chi connectivity index (χ3n) is 3.75. The molecule has 1 amide bonds. The summed E-state index contributed by atoms with van der Waals surface area (Å²) in [5, 5.41) is 11.0. The Morgan fingerprint density at radius 3 is 2.40 bits per heavy atom. The number of carbonyl (C=O) groups excluding carboxylic acids is 1. The number of halogens is 1. The third kappa shape index (κ3) is 4.37. The second kappa shape index (κ2) is 8.43. The van der Waals surface area contributed by atoms with Gasteiger partial charge in [0.05, 0.1) is 23.5 Å². The lowest BCUT2D eigenvalue weighted by molar-refractivity contribution is -0.386. The molecule has 0 bridgehead atoms. The van der Waals surface area contributed by atoms with E-state index in [2.05, 4.69) is 0 Å².